The third-order valence-electron chi connectivity index (χ3n) is 4.58. The summed E-state index contributed by atoms with van der Waals surface area (Å²) in [7, 11) is -4.10. The zero-order valence-electron chi connectivity index (χ0n) is 16.3. The largest absolute Gasteiger partial charge is 0.478 e. The summed E-state index contributed by atoms with van der Waals surface area (Å²) in [5, 5.41) is 23.0. The fourth-order valence-corrected chi connectivity index (χ4v) is 4.51. The van der Waals surface area contributed by atoms with Gasteiger partial charge in [-0.1, -0.05) is 0 Å². The first-order valence-corrected chi connectivity index (χ1v) is 10.7. The number of imidazole rings is 1. The Hall–Kier alpha value is -2.39. The van der Waals surface area contributed by atoms with Crippen LogP contribution >= 0.6 is 7.82 Å². The van der Waals surface area contributed by atoms with Gasteiger partial charge in [0.25, 0.3) is 0 Å². The molecular formula is C15H21N6O9P. The van der Waals surface area contributed by atoms with Crippen molar-refractivity contribution in [3.63, 3.8) is 0 Å². The normalized spacial score (nSPS) is 30.3. The standard InChI is InChI=1S/C15H21N6O9P/c1-7(23)26-6-28-31(25)27-4-8-11(30-31)10(24)14(29-8)21-13-9(12(16)18-5-19-13)20-15(21)17-2-3-22/h5,8,10-11,14,22,24H,2-4,6H2,1H3,(H,17,20)(H2,16,18,19). The molecule has 0 radical (unpaired) electrons. The third-order valence-corrected chi connectivity index (χ3v) is 5.97. The molecule has 0 aliphatic carbocycles. The first-order chi connectivity index (χ1) is 14.8. The number of esters is 1. The molecule has 5 N–H and O–H groups in total. The number of nitrogen functional groups attached to an aromatic ring is 1. The van der Waals surface area contributed by atoms with Crippen molar-refractivity contribution in [1.29, 1.82) is 0 Å². The Morgan fingerprint density at radius 2 is 2.29 bits per heavy atom. The van der Waals surface area contributed by atoms with Gasteiger partial charge in [-0.3, -0.25) is 18.4 Å². The topological polar surface area (TPSA) is 202 Å². The van der Waals surface area contributed by atoms with Crippen molar-refractivity contribution in [2.24, 2.45) is 0 Å². The van der Waals surface area contributed by atoms with Gasteiger partial charge in [0.1, 0.15) is 24.6 Å². The number of carbonyl (C=O) groups excluding carboxylic acids is 1. The summed E-state index contributed by atoms with van der Waals surface area (Å²) in [5.74, 6) is -0.306. The molecule has 2 aromatic rings. The number of aliphatic hydroxyl groups is 2. The van der Waals surface area contributed by atoms with Gasteiger partial charge in [-0.2, -0.15) is 0 Å². The van der Waals surface area contributed by atoms with E-state index in [2.05, 4.69) is 25.0 Å². The number of fused-ring (bicyclic) bond motifs is 2. The average molecular weight is 460 g/mol. The van der Waals surface area contributed by atoms with E-state index in [4.69, 9.17) is 29.1 Å². The Balaban J connectivity index is 1.60. The maximum atomic E-state index is 12.6. The van der Waals surface area contributed by atoms with Gasteiger partial charge in [0.2, 0.25) is 12.7 Å². The van der Waals surface area contributed by atoms with Crippen LogP contribution in [0.3, 0.4) is 0 Å². The van der Waals surface area contributed by atoms with Crippen LogP contribution in [0.5, 0.6) is 0 Å². The highest BCUT2D eigenvalue weighted by molar-refractivity contribution is 7.48. The molecule has 4 heterocycles. The van der Waals surface area contributed by atoms with E-state index in [0.29, 0.717) is 0 Å². The highest BCUT2D eigenvalue weighted by Gasteiger charge is 2.54. The van der Waals surface area contributed by atoms with Crippen LogP contribution in [0.2, 0.25) is 0 Å². The molecule has 0 saturated carbocycles. The van der Waals surface area contributed by atoms with Crippen molar-refractivity contribution in [3.8, 4) is 0 Å². The lowest BCUT2D eigenvalue weighted by molar-refractivity contribution is -0.150. The molecule has 16 heteroatoms. The number of ether oxygens (including phenoxy) is 2. The summed E-state index contributed by atoms with van der Waals surface area (Å²) in [4.78, 5) is 23.2. The Morgan fingerprint density at radius 1 is 1.48 bits per heavy atom. The first-order valence-electron chi connectivity index (χ1n) is 9.20. The van der Waals surface area contributed by atoms with Crippen LogP contribution in [0.1, 0.15) is 13.2 Å². The van der Waals surface area contributed by atoms with Crippen molar-refractivity contribution in [2.45, 2.75) is 31.5 Å². The van der Waals surface area contributed by atoms with Crippen LogP contribution < -0.4 is 11.1 Å². The summed E-state index contributed by atoms with van der Waals surface area (Å²) in [6.45, 7) is 0.292. The molecule has 0 bridgehead atoms. The fourth-order valence-electron chi connectivity index (χ4n) is 3.24. The zero-order chi connectivity index (χ0) is 22.2. The Morgan fingerprint density at radius 3 is 3.03 bits per heavy atom. The molecule has 0 aromatic carbocycles. The van der Waals surface area contributed by atoms with E-state index in [1.54, 1.807) is 0 Å². The van der Waals surface area contributed by atoms with Crippen molar-refractivity contribution >= 4 is 36.7 Å². The molecule has 5 unspecified atom stereocenters. The monoisotopic (exact) mass is 460 g/mol. The first kappa shape index (κ1) is 21.8. The lowest BCUT2D eigenvalue weighted by Crippen LogP contribution is -2.39. The molecule has 0 amide bonds. The molecule has 2 aromatic heterocycles. The van der Waals surface area contributed by atoms with E-state index in [9.17, 15) is 14.5 Å². The molecular weight excluding hydrogens is 439 g/mol. The second kappa shape index (κ2) is 8.63. The molecule has 2 fully saturated rings. The van der Waals surface area contributed by atoms with Gasteiger partial charge in [0.05, 0.1) is 13.2 Å². The predicted octanol–water partition coefficient (Wildman–Crippen LogP) is -0.868. The third kappa shape index (κ3) is 4.21. The van der Waals surface area contributed by atoms with Crippen LogP contribution in [-0.4, -0.2) is 80.6 Å². The lowest BCUT2D eigenvalue weighted by Gasteiger charge is -2.30. The highest BCUT2D eigenvalue weighted by atomic mass is 31.2. The second-order valence-electron chi connectivity index (χ2n) is 6.64. The number of aliphatic hydroxyl groups excluding tert-OH is 2. The summed E-state index contributed by atoms with van der Waals surface area (Å²) >= 11 is 0. The Labute approximate surface area is 175 Å². The van der Waals surface area contributed by atoms with Gasteiger partial charge < -0.3 is 30.7 Å². The van der Waals surface area contributed by atoms with Gasteiger partial charge >= 0.3 is 13.8 Å². The van der Waals surface area contributed by atoms with E-state index < -0.39 is 45.1 Å². The number of hydrogen-bond acceptors (Lipinski definition) is 14. The molecule has 170 valence electrons. The second-order valence-corrected chi connectivity index (χ2v) is 8.26. The van der Waals surface area contributed by atoms with E-state index in [-0.39, 0.29) is 42.7 Å². The molecule has 2 aliphatic rings. The molecule has 2 saturated heterocycles. The smallest absolute Gasteiger partial charge is 0.438 e. The molecule has 5 atom stereocenters. The number of rotatable bonds is 7. The van der Waals surface area contributed by atoms with Crippen molar-refractivity contribution in [1.82, 2.24) is 19.5 Å². The van der Waals surface area contributed by atoms with Crippen molar-refractivity contribution < 1.29 is 42.6 Å². The van der Waals surface area contributed by atoms with Gasteiger partial charge in [0, 0.05) is 13.5 Å². The number of phosphoric ester groups is 1. The van der Waals surface area contributed by atoms with Crippen LogP contribution in [0.25, 0.3) is 11.2 Å². The van der Waals surface area contributed by atoms with Gasteiger partial charge in [-0.15, -0.1) is 0 Å². The molecule has 2 aliphatic heterocycles. The maximum Gasteiger partial charge on any atom is 0.478 e. The lowest BCUT2D eigenvalue weighted by atomic mass is 10.1. The summed E-state index contributed by atoms with van der Waals surface area (Å²) in [6.07, 6.45) is -3.04. The maximum absolute atomic E-state index is 12.6. The van der Waals surface area contributed by atoms with Gasteiger partial charge in [-0.05, 0) is 0 Å². The van der Waals surface area contributed by atoms with Crippen molar-refractivity contribution in [2.75, 3.05) is 37.6 Å². The predicted molar refractivity (Wildman–Crippen MR) is 101 cm³/mol. The summed E-state index contributed by atoms with van der Waals surface area (Å²) in [5.41, 5.74) is 6.41. The highest BCUT2D eigenvalue weighted by Crippen LogP contribution is 2.56. The average Bonchev–Trinajstić information content (AvgIpc) is 3.24. The number of hydrogen-bond donors (Lipinski definition) is 4. The number of aromatic nitrogens is 4. The van der Waals surface area contributed by atoms with Crippen LogP contribution in [0.15, 0.2) is 6.33 Å². The van der Waals surface area contributed by atoms with Crippen LogP contribution in [-0.2, 0) is 32.4 Å². The quantitative estimate of drug-likeness (QED) is 0.225. The summed E-state index contributed by atoms with van der Waals surface area (Å²) < 4.78 is 40.0. The number of carbonyl (C=O) groups is 1. The molecule has 31 heavy (non-hydrogen) atoms. The molecule has 4 rings (SSSR count). The van der Waals surface area contributed by atoms with E-state index in [1.807, 2.05) is 0 Å². The minimum Gasteiger partial charge on any atom is -0.438 e. The zero-order valence-corrected chi connectivity index (χ0v) is 17.2. The number of nitrogens with zero attached hydrogens (tertiary/aromatic N) is 4. The minimum absolute atomic E-state index is 0.114. The summed E-state index contributed by atoms with van der Waals surface area (Å²) in [6, 6.07) is 0. The van der Waals surface area contributed by atoms with E-state index in [0.717, 1.165) is 6.92 Å². The van der Waals surface area contributed by atoms with Crippen LogP contribution in [0.4, 0.5) is 11.8 Å². The van der Waals surface area contributed by atoms with Gasteiger partial charge in [-0.25, -0.2) is 24.0 Å². The van der Waals surface area contributed by atoms with Crippen LogP contribution in [0, 0.1) is 0 Å². The number of phosphoric acid groups is 1. The van der Waals surface area contributed by atoms with Gasteiger partial charge in [0.15, 0.2) is 23.2 Å². The number of nitrogens with one attached hydrogen (secondary N) is 1. The fraction of sp³-hybridized carbons (Fsp3) is 0.600. The van der Waals surface area contributed by atoms with E-state index in [1.165, 1.54) is 10.9 Å². The Kier molecular flexibility index (Phi) is 6.07. The minimum atomic E-state index is -4.10. The molecule has 0 spiro atoms. The van der Waals surface area contributed by atoms with E-state index >= 15 is 0 Å². The Bertz CT molecular complexity index is 1020. The van der Waals surface area contributed by atoms with Crippen molar-refractivity contribution in [3.05, 3.63) is 6.33 Å². The number of anilines is 2. The number of nitrogens with two attached hydrogens (primary N) is 1. The SMILES string of the molecule is CC(=O)OCOP1(=O)OCC2OC(n3c(NCCO)nc4c(N)ncnc43)C(O)C2O1. The molecule has 15 nitrogen and oxygen atoms in total.